The highest BCUT2D eigenvalue weighted by Gasteiger charge is 2.29. The Morgan fingerprint density at radius 1 is 1.10 bits per heavy atom. The SMILES string of the molecule is CC(N)c1cccc(OCc2ccc(C(F)(F)F)cc2)c1. The molecule has 0 fully saturated rings. The van der Waals surface area contributed by atoms with Gasteiger partial charge in [-0.25, -0.2) is 0 Å². The first-order valence-electron chi connectivity index (χ1n) is 6.51. The summed E-state index contributed by atoms with van der Waals surface area (Å²) in [5, 5.41) is 0. The van der Waals surface area contributed by atoms with Crippen LogP contribution in [0.3, 0.4) is 0 Å². The summed E-state index contributed by atoms with van der Waals surface area (Å²) in [7, 11) is 0. The van der Waals surface area contributed by atoms with Crippen molar-refractivity contribution in [3.8, 4) is 5.75 Å². The molecule has 2 rings (SSSR count). The van der Waals surface area contributed by atoms with E-state index < -0.39 is 11.7 Å². The molecule has 1 unspecified atom stereocenters. The molecule has 21 heavy (non-hydrogen) atoms. The van der Waals surface area contributed by atoms with Crippen molar-refractivity contribution in [1.29, 1.82) is 0 Å². The van der Waals surface area contributed by atoms with Gasteiger partial charge in [0.25, 0.3) is 0 Å². The standard InChI is InChI=1S/C16H16F3NO/c1-11(20)13-3-2-4-15(9-13)21-10-12-5-7-14(8-6-12)16(17,18)19/h2-9,11H,10,20H2,1H3. The zero-order chi connectivity index (χ0) is 15.5. The minimum atomic E-state index is -4.31. The Kier molecular flexibility index (Phi) is 4.53. The largest absolute Gasteiger partial charge is 0.489 e. The summed E-state index contributed by atoms with van der Waals surface area (Å²) in [5.41, 5.74) is 6.74. The second kappa shape index (κ2) is 6.18. The highest BCUT2D eigenvalue weighted by atomic mass is 19.4. The molecular weight excluding hydrogens is 279 g/mol. The fraction of sp³-hybridized carbons (Fsp3) is 0.250. The van der Waals surface area contributed by atoms with Gasteiger partial charge in [0.15, 0.2) is 0 Å². The zero-order valence-electron chi connectivity index (χ0n) is 11.5. The average Bonchev–Trinajstić information content (AvgIpc) is 2.45. The van der Waals surface area contributed by atoms with E-state index >= 15 is 0 Å². The molecule has 2 N–H and O–H groups in total. The molecule has 0 aliphatic rings. The van der Waals surface area contributed by atoms with Crippen molar-refractivity contribution in [3.05, 3.63) is 65.2 Å². The Bertz CT molecular complexity index is 591. The Morgan fingerprint density at radius 3 is 2.33 bits per heavy atom. The Morgan fingerprint density at radius 2 is 1.76 bits per heavy atom. The van der Waals surface area contributed by atoms with Crippen LogP contribution in [0.4, 0.5) is 13.2 Å². The third-order valence-electron chi connectivity index (χ3n) is 3.07. The van der Waals surface area contributed by atoms with Gasteiger partial charge in [-0.15, -0.1) is 0 Å². The van der Waals surface area contributed by atoms with Crippen molar-refractivity contribution in [1.82, 2.24) is 0 Å². The van der Waals surface area contributed by atoms with E-state index in [0.29, 0.717) is 11.3 Å². The highest BCUT2D eigenvalue weighted by molar-refractivity contribution is 5.31. The van der Waals surface area contributed by atoms with Gasteiger partial charge in [-0.2, -0.15) is 13.2 Å². The lowest BCUT2D eigenvalue weighted by molar-refractivity contribution is -0.137. The molecule has 0 heterocycles. The second-order valence-corrected chi connectivity index (χ2v) is 4.84. The van der Waals surface area contributed by atoms with Gasteiger partial charge in [-0.3, -0.25) is 0 Å². The van der Waals surface area contributed by atoms with Crippen LogP contribution < -0.4 is 10.5 Å². The van der Waals surface area contributed by atoms with E-state index in [-0.39, 0.29) is 12.6 Å². The number of benzene rings is 2. The van der Waals surface area contributed by atoms with Crippen molar-refractivity contribution in [2.24, 2.45) is 5.73 Å². The van der Waals surface area contributed by atoms with E-state index in [2.05, 4.69) is 0 Å². The van der Waals surface area contributed by atoms with Gasteiger partial charge in [0.05, 0.1) is 5.56 Å². The van der Waals surface area contributed by atoms with Crippen LogP contribution in [0.25, 0.3) is 0 Å². The first-order valence-corrected chi connectivity index (χ1v) is 6.51. The molecule has 0 saturated carbocycles. The Balaban J connectivity index is 2.01. The third kappa shape index (κ3) is 4.23. The Hall–Kier alpha value is -2.01. The van der Waals surface area contributed by atoms with Gasteiger partial charge >= 0.3 is 6.18 Å². The summed E-state index contributed by atoms with van der Waals surface area (Å²) in [5.74, 6) is 0.643. The molecule has 0 aliphatic carbocycles. The molecule has 2 aromatic carbocycles. The Labute approximate surface area is 121 Å². The number of rotatable bonds is 4. The molecule has 0 amide bonds. The van der Waals surface area contributed by atoms with Crippen LogP contribution in [0.15, 0.2) is 48.5 Å². The number of hydrogen-bond donors (Lipinski definition) is 1. The third-order valence-corrected chi connectivity index (χ3v) is 3.07. The highest BCUT2D eigenvalue weighted by Crippen LogP contribution is 2.29. The monoisotopic (exact) mass is 295 g/mol. The van der Waals surface area contributed by atoms with Crippen LogP contribution in [0.5, 0.6) is 5.75 Å². The number of hydrogen-bond acceptors (Lipinski definition) is 2. The first kappa shape index (κ1) is 15.4. The van der Waals surface area contributed by atoms with Crippen molar-refractivity contribution in [2.75, 3.05) is 0 Å². The maximum Gasteiger partial charge on any atom is 0.416 e. The minimum absolute atomic E-state index is 0.0976. The molecule has 0 spiro atoms. The maximum absolute atomic E-state index is 12.4. The molecular formula is C16H16F3NO. The van der Waals surface area contributed by atoms with E-state index in [9.17, 15) is 13.2 Å². The molecule has 0 aliphatic heterocycles. The van der Waals surface area contributed by atoms with Gasteiger partial charge in [-0.05, 0) is 42.3 Å². The van der Waals surface area contributed by atoms with Crippen LogP contribution in [-0.4, -0.2) is 0 Å². The number of ether oxygens (including phenoxy) is 1. The molecule has 0 bridgehead atoms. The van der Waals surface area contributed by atoms with E-state index in [1.807, 2.05) is 25.1 Å². The van der Waals surface area contributed by atoms with E-state index in [4.69, 9.17) is 10.5 Å². The molecule has 2 nitrogen and oxygen atoms in total. The van der Waals surface area contributed by atoms with E-state index in [1.54, 1.807) is 6.07 Å². The van der Waals surface area contributed by atoms with Crippen LogP contribution in [-0.2, 0) is 12.8 Å². The fourth-order valence-corrected chi connectivity index (χ4v) is 1.84. The molecule has 0 saturated heterocycles. The van der Waals surface area contributed by atoms with Crippen molar-refractivity contribution in [3.63, 3.8) is 0 Å². The average molecular weight is 295 g/mol. The molecule has 1 atom stereocenters. The number of halogens is 3. The lowest BCUT2D eigenvalue weighted by Gasteiger charge is -2.11. The van der Waals surface area contributed by atoms with Gasteiger partial charge in [0.1, 0.15) is 12.4 Å². The quantitative estimate of drug-likeness (QED) is 0.912. The van der Waals surface area contributed by atoms with Crippen molar-refractivity contribution in [2.45, 2.75) is 25.7 Å². The summed E-state index contributed by atoms with van der Waals surface area (Å²) >= 11 is 0. The predicted octanol–water partition coefficient (Wildman–Crippen LogP) is 4.30. The van der Waals surface area contributed by atoms with Gasteiger partial charge < -0.3 is 10.5 Å². The van der Waals surface area contributed by atoms with E-state index in [1.165, 1.54) is 12.1 Å². The maximum atomic E-state index is 12.4. The van der Waals surface area contributed by atoms with Gasteiger partial charge in [0.2, 0.25) is 0 Å². The van der Waals surface area contributed by atoms with Crippen LogP contribution in [0.2, 0.25) is 0 Å². The fourth-order valence-electron chi connectivity index (χ4n) is 1.84. The second-order valence-electron chi connectivity index (χ2n) is 4.84. The van der Waals surface area contributed by atoms with Gasteiger partial charge in [0, 0.05) is 6.04 Å². The minimum Gasteiger partial charge on any atom is -0.489 e. The lowest BCUT2D eigenvalue weighted by Crippen LogP contribution is -2.06. The molecule has 0 aromatic heterocycles. The first-order chi connectivity index (χ1) is 9.86. The number of nitrogens with two attached hydrogens (primary N) is 1. The zero-order valence-corrected chi connectivity index (χ0v) is 11.5. The summed E-state index contributed by atoms with van der Waals surface area (Å²) in [4.78, 5) is 0. The van der Waals surface area contributed by atoms with Crippen LogP contribution >= 0.6 is 0 Å². The smallest absolute Gasteiger partial charge is 0.416 e. The topological polar surface area (TPSA) is 35.2 Å². The predicted molar refractivity (Wildman–Crippen MR) is 74.8 cm³/mol. The molecule has 5 heteroatoms. The summed E-state index contributed by atoms with van der Waals surface area (Å²) in [6.07, 6.45) is -4.31. The van der Waals surface area contributed by atoms with Crippen molar-refractivity contribution >= 4 is 0 Å². The molecule has 112 valence electrons. The van der Waals surface area contributed by atoms with Crippen LogP contribution in [0, 0.1) is 0 Å². The summed E-state index contributed by atoms with van der Waals surface area (Å²) < 4.78 is 42.9. The summed E-state index contributed by atoms with van der Waals surface area (Å²) in [6.45, 7) is 2.08. The normalized spacial score (nSPS) is 13.0. The van der Waals surface area contributed by atoms with Gasteiger partial charge in [-0.1, -0.05) is 24.3 Å². The molecule has 2 aromatic rings. The van der Waals surface area contributed by atoms with Crippen LogP contribution in [0.1, 0.15) is 29.7 Å². The van der Waals surface area contributed by atoms with Crippen molar-refractivity contribution < 1.29 is 17.9 Å². The summed E-state index contributed by atoms with van der Waals surface area (Å²) in [6, 6.07) is 12.2. The van der Waals surface area contributed by atoms with E-state index in [0.717, 1.165) is 17.7 Å². The number of alkyl halides is 3. The molecule has 0 radical (unpaired) electrons. The lowest BCUT2D eigenvalue weighted by atomic mass is 10.1.